The summed E-state index contributed by atoms with van der Waals surface area (Å²) in [7, 11) is 0. The second kappa shape index (κ2) is 14.8. The molecule has 0 radical (unpaired) electrons. The van der Waals surface area contributed by atoms with Crippen LogP contribution in [0.2, 0.25) is 0 Å². The van der Waals surface area contributed by atoms with Gasteiger partial charge < -0.3 is 20.4 Å². The molecule has 4 heteroatoms. The summed E-state index contributed by atoms with van der Waals surface area (Å²) in [5.74, 6) is 0.463. The van der Waals surface area contributed by atoms with E-state index in [9.17, 15) is 0 Å². The van der Waals surface area contributed by atoms with Gasteiger partial charge in [-0.05, 0) is 44.9 Å². The Morgan fingerprint density at radius 2 is 1.25 bits per heavy atom. The van der Waals surface area contributed by atoms with Crippen molar-refractivity contribution in [3.05, 3.63) is 0 Å². The second-order valence-electron chi connectivity index (χ2n) is 4.20. The standard InChI is InChI=1S/2C6H14O2/c1-6(2-4-7)3-5-8;1-6(8)4-2-3-5-7/h2*6-8H,2-5H2,1H3. The Hall–Kier alpha value is -0.160. The van der Waals surface area contributed by atoms with Crippen molar-refractivity contribution in [3.8, 4) is 0 Å². The number of hydrogen-bond acceptors (Lipinski definition) is 4. The molecule has 100 valence electrons. The quantitative estimate of drug-likeness (QED) is 0.472. The molecule has 1 unspecified atom stereocenters. The fourth-order valence-electron chi connectivity index (χ4n) is 1.14. The Morgan fingerprint density at radius 3 is 1.56 bits per heavy atom. The summed E-state index contributed by atoms with van der Waals surface area (Å²) in [4.78, 5) is 0. The molecule has 0 fully saturated rings. The minimum absolute atomic E-state index is 0.207. The van der Waals surface area contributed by atoms with E-state index in [4.69, 9.17) is 20.4 Å². The molecule has 0 amide bonds. The maximum atomic E-state index is 8.70. The Kier molecular flexibility index (Phi) is 16.9. The molecule has 0 heterocycles. The fraction of sp³-hybridized carbons (Fsp3) is 1.00. The van der Waals surface area contributed by atoms with E-state index in [0.717, 1.165) is 32.1 Å². The van der Waals surface area contributed by atoms with Crippen molar-refractivity contribution in [1.82, 2.24) is 0 Å². The van der Waals surface area contributed by atoms with Crippen molar-refractivity contribution in [1.29, 1.82) is 0 Å². The first-order chi connectivity index (χ1) is 7.58. The molecule has 0 rings (SSSR count). The first kappa shape index (κ1) is 18.2. The topological polar surface area (TPSA) is 80.9 Å². The van der Waals surface area contributed by atoms with Gasteiger partial charge in [0.2, 0.25) is 0 Å². The van der Waals surface area contributed by atoms with Gasteiger partial charge in [-0.3, -0.25) is 0 Å². The van der Waals surface area contributed by atoms with Crippen molar-refractivity contribution >= 4 is 0 Å². The zero-order valence-corrected chi connectivity index (χ0v) is 10.6. The zero-order valence-electron chi connectivity index (χ0n) is 10.6. The lowest BCUT2D eigenvalue weighted by Crippen LogP contribution is -1.99. The summed E-state index contributed by atoms with van der Waals surface area (Å²) >= 11 is 0. The average molecular weight is 236 g/mol. The minimum atomic E-state index is -0.207. The van der Waals surface area contributed by atoms with E-state index in [0.29, 0.717) is 5.92 Å². The molecule has 0 aromatic heterocycles. The molecule has 0 aromatic rings. The van der Waals surface area contributed by atoms with Gasteiger partial charge in [0.05, 0.1) is 6.10 Å². The van der Waals surface area contributed by atoms with Gasteiger partial charge in [-0.1, -0.05) is 6.92 Å². The first-order valence-electron chi connectivity index (χ1n) is 6.09. The third-order valence-electron chi connectivity index (χ3n) is 2.27. The highest BCUT2D eigenvalue weighted by Crippen LogP contribution is 2.04. The van der Waals surface area contributed by atoms with Crippen molar-refractivity contribution in [2.24, 2.45) is 5.92 Å². The van der Waals surface area contributed by atoms with Crippen LogP contribution in [0.5, 0.6) is 0 Å². The van der Waals surface area contributed by atoms with Gasteiger partial charge in [-0.2, -0.15) is 0 Å². The van der Waals surface area contributed by atoms with Gasteiger partial charge in [-0.15, -0.1) is 0 Å². The highest BCUT2D eigenvalue weighted by atomic mass is 16.3. The van der Waals surface area contributed by atoms with Crippen molar-refractivity contribution in [2.75, 3.05) is 19.8 Å². The molecule has 0 spiro atoms. The number of aliphatic hydroxyl groups excluding tert-OH is 4. The van der Waals surface area contributed by atoms with E-state index in [1.807, 2.05) is 6.92 Å². The maximum Gasteiger partial charge on any atom is 0.0512 e. The lowest BCUT2D eigenvalue weighted by molar-refractivity contribution is 0.175. The van der Waals surface area contributed by atoms with Crippen LogP contribution in [0.4, 0.5) is 0 Å². The van der Waals surface area contributed by atoms with E-state index >= 15 is 0 Å². The molecule has 0 aliphatic rings. The van der Waals surface area contributed by atoms with Crippen LogP contribution in [0.25, 0.3) is 0 Å². The monoisotopic (exact) mass is 236 g/mol. The number of hydrogen-bond donors (Lipinski definition) is 4. The number of unbranched alkanes of at least 4 members (excludes halogenated alkanes) is 1. The smallest absolute Gasteiger partial charge is 0.0512 e. The lowest BCUT2D eigenvalue weighted by atomic mass is 10.1. The maximum absolute atomic E-state index is 8.70. The number of rotatable bonds is 8. The van der Waals surface area contributed by atoms with Crippen molar-refractivity contribution in [2.45, 2.75) is 52.1 Å². The van der Waals surface area contributed by atoms with Gasteiger partial charge >= 0.3 is 0 Å². The molecule has 1 atom stereocenters. The highest BCUT2D eigenvalue weighted by molar-refractivity contribution is 4.49. The average Bonchev–Trinajstić information content (AvgIpc) is 2.19. The van der Waals surface area contributed by atoms with Crippen molar-refractivity contribution in [3.63, 3.8) is 0 Å². The van der Waals surface area contributed by atoms with E-state index in [1.54, 1.807) is 6.92 Å². The second-order valence-corrected chi connectivity index (χ2v) is 4.20. The molecule has 0 bridgehead atoms. The van der Waals surface area contributed by atoms with Crippen LogP contribution in [0.15, 0.2) is 0 Å². The normalized spacial score (nSPS) is 12.2. The van der Waals surface area contributed by atoms with Gasteiger partial charge in [0.15, 0.2) is 0 Å². The molecule has 0 aromatic carbocycles. The molecule has 0 aliphatic heterocycles. The van der Waals surface area contributed by atoms with Gasteiger partial charge in [-0.25, -0.2) is 0 Å². The molecule has 0 saturated heterocycles. The van der Waals surface area contributed by atoms with Crippen LogP contribution in [0.1, 0.15) is 46.0 Å². The van der Waals surface area contributed by atoms with E-state index in [-0.39, 0.29) is 25.9 Å². The summed E-state index contributed by atoms with van der Waals surface area (Å²) in [6, 6.07) is 0. The fourth-order valence-corrected chi connectivity index (χ4v) is 1.14. The van der Waals surface area contributed by atoms with E-state index < -0.39 is 0 Å². The Balaban J connectivity index is 0. The van der Waals surface area contributed by atoms with Crippen LogP contribution in [0.3, 0.4) is 0 Å². The highest BCUT2D eigenvalue weighted by Gasteiger charge is 1.97. The van der Waals surface area contributed by atoms with Crippen LogP contribution >= 0.6 is 0 Å². The zero-order chi connectivity index (χ0) is 12.8. The van der Waals surface area contributed by atoms with Gasteiger partial charge in [0.25, 0.3) is 0 Å². The molecular weight excluding hydrogens is 208 g/mol. The Labute approximate surface area is 98.9 Å². The minimum Gasteiger partial charge on any atom is -0.396 e. The lowest BCUT2D eigenvalue weighted by Gasteiger charge is -2.04. The van der Waals surface area contributed by atoms with Crippen molar-refractivity contribution < 1.29 is 20.4 Å². The van der Waals surface area contributed by atoms with E-state index in [2.05, 4.69) is 0 Å². The number of aliphatic hydroxyl groups is 4. The van der Waals surface area contributed by atoms with Gasteiger partial charge in [0.1, 0.15) is 0 Å². The Bertz CT molecular complexity index is 112. The summed E-state index contributed by atoms with van der Waals surface area (Å²) in [6.07, 6.45) is 3.95. The third kappa shape index (κ3) is 19.4. The summed E-state index contributed by atoms with van der Waals surface area (Å²) < 4.78 is 0. The van der Waals surface area contributed by atoms with E-state index in [1.165, 1.54) is 0 Å². The summed E-state index contributed by atoms with van der Waals surface area (Å²) in [5.41, 5.74) is 0. The summed E-state index contributed by atoms with van der Waals surface area (Å²) in [6.45, 7) is 4.50. The SMILES string of the molecule is CC(CCO)CCO.CC(O)CCCCO. The predicted octanol–water partition coefficient (Wildman–Crippen LogP) is 0.917. The van der Waals surface area contributed by atoms with Crippen LogP contribution in [0, 0.1) is 5.92 Å². The molecule has 0 aliphatic carbocycles. The molecule has 0 saturated carbocycles. The van der Waals surface area contributed by atoms with Gasteiger partial charge in [0, 0.05) is 19.8 Å². The molecule has 4 N–H and O–H groups in total. The first-order valence-corrected chi connectivity index (χ1v) is 6.09. The largest absolute Gasteiger partial charge is 0.396 e. The summed E-state index contributed by atoms with van der Waals surface area (Å²) in [5, 5.41) is 33.8. The Morgan fingerprint density at radius 1 is 0.750 bits per heavy atom. The van der Waals surface area contributed by atoms with Crippen LogP contribution in [-0.2, 0) is 0 Å². The van der Waals surface area contributed by atoms with Crippen LogP contribution < -0.4 is 0 Å². The molecular formula is C12H28O4. The molecule has 16 heavy (non-hydrogen) atoms. The third-order valence-corrected chi connectivity index (χ3v) is 2.27. The van der Waals surface area contributed by atoms with Crippen LogP contribution in [-0.4, -0.2) is 46.4 Å². The predicted molar refractivity (Wildman–Crippen MR) is 65.2 cm³/mol. The molecule has 4 nitrogen and oxygen atoms in total.